The number of carbonyl (C=O) groups excluding carboxylic acids is 1. The topological polar surface area (TPSA) is 17.1 Å². The molecule has 0 bridgehead atoms. The second-order valence-electron chi connectivity index (χ2n) is 4.54. The Kier molecular flexibility index (Phi) is 2.29. The van der Waals surface area contributed by atoms with E-state index in [2.05, 4.69) is 6.58 Å². The van der Waals surface area contributed by atoms with Gasteiger partial charge in [0.1, 0.15) is 0 Å². The van der Waals surface area contributed by atoms with E-state index in [1.165, 1.54) is 0 Å². The molecule has 0 spiro atoms. The second-order valence-corrected chi connectivity index (χ2v) is 4.54. The molecule has 1 aliphatic rings. The molecule has 0 heterocycles. The lowest BCUT2D eigenvalue weighted by molar-refractivity contribution is -0.113. The molecule has 0 saturated heterocycles. The van der Waals surface area contributed by atoms with Gasteiger partial charge < -0.3 is 0 Å². The summed E-state index contributed by atoms with van der Waals surface area (Å²) in [4.78, 5) is 11.7. The Morgan fingerprint density at radius 3 is 2.23 bits per heavy atom. The van der Waals surface area contributed by atoms with Crippen LogP contribution in [0.3, 0.4) is 0 Å². The summed E-state index contributed by atoms with van der Waals surface area (Å²) < 4.78 is 0. The van der Waals surface area contributed by atoms with Crippen molar-refractivity contribution in [1.29, 1.82) is 0 Å². The van der Waals surface area contributed by atoms with E-state index >= 15 is 0 Å². The molecule has 0 aromatic carbocycles. The maximum Gasteiger partial charge on any atom is 0.185 e. The first-order valence-corrected chi connectivity index (χ1v) is 4.46. The fourth-order valence-corrected chi connectivity index (χ4v) is 1.41. The van der Waals surface area contributed by atoms with Gasteiger partial charge in [0.15, 0.2) is 5.78 Å². The molecule has 1 heteroatoms. The maximum atomic E-state index is 11.7. The average Bonchev–Trinajstić information content (AvgIpc) is 1.94. The van der Waals surface area contributed by atoms with Crippen LogP contribution >= 0.6 is 0 Å². The average molecular weight is 176 g/mol. The van der Waals surface area contributed by atoms with Crippen LogP contribution in [0.2, 0.25) is 0 Å². The Morgan fingerprint density at radius 1 is 1.23 bits per heavy atom. The summed E-state index contributed by atoms with van der Waals surface area (Å²) in [5, 5.41) is 0. The highest BCUT2D eigenvalue weighted by Gasteiger charge is 2.26. The Morgan fingerprint density at radius 2 is 1.77 bits per heavy atom. The van der Waals surface area contributed by atoms with Crippen molar-refractivity contribution in [3.63, 3.8) is 0 Å². The van der Waals surface area contributed by atoms with E-state index in [0.29, 0.717) is 0 Å². The van der Waals surface area contributed by atoms with Crippen molar-refractivity contribution >= 4 is 5.78 Å². The number of allylic oxidation sites excluding steroid dienone is 5. The predicted molar refractivity (Wildman–Crippen MR) is 55.4 cm³/mol. The van der Waals surface area contributed by atoms with E-state index in [1.807, 2.05) is 39.8 Å². The molecular formula is C12H16O. The van der Waals surface area contributed by atoms with Crippen molar-refractivity contribution in [1.82, 2.24) is 0 Å². The van der Waals surface area contributed by atoms with Crippen LogP contribution in [0.25, 0.3) is 0 Å². The Bertz CT molecular complexity index is 322. The second kappa shape index (κ2) is 2.99. The lowest BCUT2D eigenvalue weighted by atomic mass is 9.78. The highest BCUT2D eigenvalue weighted by molar-refractivity contribution is 6.10. The number of carbonyl (C=O) groups is 1. The van der Waals surface area contributed by atoms with Crippen molar-refractivity contribution < 1.29 is 4.79 Å². The summed E-state index contributed by atoms with van der Waals surface area (Å²) in [6, 6.07) is 0. The molecule has 0 atom stereocenters. The van der Waals surface area contributed by atoms with Crippen molar-refractivity contribution in [2.75, 3.05) is 0 Å². The molecule has 0 amide bonds. The van der Waals surface area contributed by atoms with Crippen LogP contribution < -0.4 is 0 Å². The first-order chi connectivity index (χ1) is 5.82. The van der Waals surface area contributed by atoms with Crippen molar-refractivity contribution in [3.05, 3.63) is 35.5 Å². The molecule has 13 heavy (non-hydrogen) atoms. The third kappa shape index (κ3) is 1.97. The minimum Gasteiger partial charge on any atom is -0.289 e. The quantitative estimate of drug-likeness (QED) is 0.554. The summed E-state index contributed by atoms with van der Waals surface area (Å²) in [6.07, 6.45) is 3.72. The van der Waals surface area contributed by atoms with E-state index < -0.39 is 0 Å². The van der Waals surface area contributed by atoms with Gasteiger partial charge in [0.2, 0.25) is 0 Å². The van der Waals surface area contributed by atoms with Gasteiger partial charge in [-0.15, -0.1) is 0 Å². The Hall–Kier alpha value is -1.11. The molecule has 1 nitrogen and oxygen atoms in total. The lowest BCUT2D eigenvalue weighted by Crippen LogP contribution is -2.21. The molecule has 1 rings (SSSR count). The normalized spacial score (nSPS) is 18.5. The zero-order valence-corrected chi connectivity index (χ0v) is 8.77. The first-order valence-electron chi connectivity index (χ1n) is 4.46. The number of rotatable bonds is 0. The molecule has 1 aliphatic carbocycles. The van der Waals surface area contributed by atoms with E-state index in [0.717, 1.165) is 16.7 Å². The fraction of sp³-hybridized carbons (Fsp3) is 0.417. The SMILES string of the molecule is C=C1C=C(C)C(=O)C(C(C)(C)C)=C1. The van der Waals surface area contributed by atoms with E-state index in [9.17, 15) is 4.79 Å². The summed E-state index contributed by atoms with van der Waals surface area (Å²) in [5.41, 5.74) is 2.48. The van der Waals surface area contributed by atoms with E-state index in [1.54, 1.807) is 0 Å². The van der Waals surface area contributed by atoms with Gasteiger partial charge in [-0.25, -0.2) is 0 Å². The zero-order chi connectivity index (χ0) is 10.2. The third-order valence-corrected chi connectivity index (χ3v) is 2.14. The number of Topliss-reactive ketones (excluding diaryl/α,β-unsaturated/α-hetero) is 1. The largest absolute Gasteiger partial charge is 0.289 e. The van der Waals surface area contributed by atoms with Gasteiger partial charge in [0.05, 0.1) is 0 Å². The predicted octanol–water partition coefficient (Wildman–Crippen LogP) is 3.04. The summed E-state index contributed by atoms with van der Waals surface area (Å²) in [5.74, 6) is 0.153. The monoisotopic (exact) mass is 176 g/mol. The van der Waals surface area contributed by atoms with Gasteiger partial charge >= 0.3 is 0 Å². The van der Waals surface area contributed by atoms with Crippen LogP contribution in [0.4, 0.5) is 0 Å². The molecule has 0 unspecified atom stereocenters. The zero-order valence-electron chi connectivity index (χ0n) is 8.77. The minimum absolute atomic E-state index is 0.0878. The smallest absolute Gasteiger partial charge is 0.185 e. The summed E-state index contributed by atoms with van der Waals surface area (Å²) in [7, 11) is 0. The maximum absolute atomic E-state index is 11.7. The standard InChI is InChI=1S/C12H16O/c1-8-6-9(2)11(13)10(7-8)12(3,4)5/h6-7H,1H2,2-5H3. The van der Waals surface area contributed by atoms with Crippen molar-refractivity contribution in [2.24, 2.45) is 5.41 Å². The molecule has 70 valence electrons. The first kappa shape index (κ1) is 9.97. The molecule has 0 fully saturated rings. The molecule has 0 radical (unpaired) electrons. The van der Waals surface area contributed by atoms with Crippen LogP contribution in [-0.4, -0.2) is 5.78 Å². The third-order valence-electron chi connectivity index (χ3n) is 2.14. The van der Waals surface area contributed by atoms with Crippen LogP contribution in [0.15, 0.2) is 35.5 Å². The van der Waals surface area contributed by atoms with E-state index in [4.69, 9.17) is 0 Å². The van der Waals surface area contributed by atoms with Gasteiger partial charge in [0.25, 0.3) is 0 Å². The molecule has 0 aliphatic heterocycles. The summed E-state index contributed by atoms with van der Waals surface area (Å²) >= 11 is 0. The molecule has 0 aromatic heterocycles. The van der Waals surface area contributed by atoms with Crippen molar-refractivity contribution in [2.45, 2.75) is 27.7 Å². The van der Waals surface area contributed by atoms with Gasteiger partial charge in [0, 0.05) is 5.57 Å². The van der Waals surface area contributed by atoms with Crippen molar-refractivity contribution in [3.8, 4) is 0 Å². The Balaban J connectivity index is 3.14. The number of hydrogen-bond acceptors (Lipinski definition) is 1. The Labute approximate surface area is 79.8 Å². The highest BCUT2D eigenvalue weighted by atomic mass is 16.1. The number of ketones is 1. The van der Waals surface area contributed by atoms with Crippen LogP contribution in [0, 0.1) is 5.41 Å². The van der Waals surface area contributed by atoms with Gasteiger partial charge in [-0.1, -0.05) is 27.4 Å². The minimum atomic E-state index is -0.0878. The summed E-state index contributed by atoms with van der Waals surface area (Å²) in [6.45, 7) is 11.8. The highest BCUT2D eigenvalue weighted by Crippen LogP contribution is 2.31. The lowest BCUT2D eigenvalue weighted by Gasteiger charge is -2.24. The molecule has 0 saturated carbocycles. The van der Waals surface area contributed by atoms with E-state index in [-0.39, 0.29) is 11.2 Å². The molecule has 0 aromatic rings. The number of hydrogen-bond donors (Lipinski definition) is 0. The van der Waals surface area contributed by atoms with Gasteiger partial charge in [-0.2, -0.15) is 0 Å². The van der Waals surface area contributed by atoms with Gasteiger partial charge in [-0.3, -0.25) is 4.79 Å². The molecule has 0 N–H and O–H groups in total. The van der Waals surface area contributed by atoms with Gasteiger partial charge in [-0.05, 0) is 35.6 Å². The van der Waals surface area contributed by atoms with Crippen LogP contribution in [0.5, 0.6) is 0 Å². The fourth-order valence-electron chi connectivity index (χ4n) is 1.41. The van der Waals surface area contributed by atoms with Crippen LogP contribution in [-0.2, 0) is 4.79 Å². The van der Waals surface area contributed by atoms with Crippen LogP contribution in [0.1, 0.15) is 27.7 Å². The molecular weight excluding hydrogens is 160 g/mol.